The van der Waals surface area contributed by atoms with Crippen molar-refractivity contribution in [1.82, 2.24) is 0 Å². The average molecular weight is 251 g/mol. The molecule has 16 heavy (non-hydrogen) atoms. The second-order valence-electron chi connectivity index (χ2n) is 4.83. The zero-order valence-corrected chi connectivity index (χ0v) is 12.0. The topological polar surface area (TPSA) is 20.2 Å². The lowest BCUT2D eigenvalue weighted by molar-refractivity contribution is -0.928. The molecule has 0 bridgehead atoms. The van der Waals surface area contributed by atoms with Gasteiger partial charge in [0.25, 0.3) is 0 Å². The standard InChI is InChI=1S/C13H29ClNO/c1-4-8-15(9-5-2,10-6-3)11-7-13(16)12-14/h13,16H,4-12H2,1-3H3/q+1. The summed E-state index contributed by atoms with van der Waals surface area (Å²) in [6, 6.07) is 0. The largest absolute Gasteiger partial charge is 0.392 e. The molecule has 1 N–H and O–H groups in total. The number of hydrogen-bond acceptors (Lipinski definition) is 1. The van der Waals surface area contributed by atoms with Gasteiger partial charge in [0.1, 0.15) is 0 Å². The molecular formula is C13H29ClNO+. The van der Waals surface area contributed by atoms with E-state index in [1.807, 2.05) is 0 Å². The maximum atomic E-state index is 9.58. The van der Waals surface area contributed by atoms with Crippen LogP contribution in [0, 0.1) is 0 Å². The third-order valence-electron chi connectivity index (χ3n) is 3.21. The summed E-state index contributed by atoms with van der Waals surface area (Å²) >= 11 is 5.66. The molecule has 2 nitrogen and oxygen atoms in total. The number of rotatable bonds is 10. The highest BCUT2D eigenvalue weighted by molar-refractivity contribution is 6.18. The van der Waals surface area contributed by atoms with Gasteiger partial charge in [-0.2, -0.15) is 0 Å². The highest BCUT2D eigenvalue weighted by atomic mass is 35.5. The van der Waals surface area contributed by atoms with E-state index in [9.17, 15) is 5.11 Å². The number of aliphatic hydroxyl groups excluding tert-OH is 1. The van der Waals surface area contributed by atoms with Gasteiger partial charge in [-0.25, -0.2) is 0 Å². The molecule has 0 spiro atoms. The second kappa shape index (κ2) is 9.26. The van der Waals surface area contributed by atoms with Gasteiger partial charge >= 0.3 is 0 Å². The Morgan fingerprint density at radius 2 is 1.38 bits per heavy atom. The van der Waals surface area contributed by atoms with Gasteiger partial charge in [-0.15, -0.1) is 11.6 Å². The van der Waals surface area contributed by atoms with Crippen LogP contribution in [0.1, 0.15) is 46.5 Å². The van der Waals surface area contributed by atoms with E-state index in [-0.39, 0.29) is 6.10 Å². The van der Waals surface area contributed by atoms with Crippen molar-refractivity contribution >= 4 is 11.6 Å². The Morgan fingerprint density at radius 1 is 0.938 bits per heavy atom. The van der Waals surface area contributed by atoms with Gasteiger partial charge < -0.3 is 9.59 Å². The van der Waals surface area contributed by atoms with Crippen LogP contribution in [0.5, 0.6) is 0 Å². The molecule has 0 fully saturated rings. The summed E-state index contributed by atoms with van der Waals surface area (Å²) in [6.45, 7) is 11.5. The van der Waals surface area contributed by atoms with Crippen LogP contribution >= 0.6 is 11.6 Å². The number of quaternary nitrogens is 1. The van der Waals surface area contributed by atoms with Crippen LogP contribution in [0.4, 0.5) is 0 Å². The summed E-state index contributed by atoms with van der Waals surface area (Å²) in [6.07, 6.45) is 4.17. The van der Waals surface area contributed by atoms with Crippen molar-refractivity contribution in [1.29, 1.82) is 0 Å². The molecule has 0 aromatic rings. The van der Waals surface area contributed by atoms with E-state index in [4.69, 9.17) is 11.6 Å². The number of nitrogens with zero attached hydrogens (tertiary/aromatic N) is 1. The lowest BCUT2D eigenvalue weighted by atomic mass is 10.1. The quantitative estimate of drug-likeness (QED) is 0.467. The molecule has 1 unspecified atom stereocenters. The van der Waals surface area contributed by atoms with E-state index in [0.717, 1.165) is 17.4 Å². The first-order valence-electron chi connectivity index (χ1n) is 6.73. The summed E-state index contributed by atoms with van der Waals surface area (Å²) in [5.41, 5.74) is 0. The van der Waals surface area contributed by atoms with E-state index in [2.05, 4.69) is 20.8 Å². The molecule has 0 radical (unpaired) electrons. The molecule has 0 heterocycles. The molecule has 0 aromatic carbocycles. The second-order valence-corrected chi connectivity index (χ2v) is 5.14. The number of aliphatic hydroxyl groups is 1. The Labute approximate surface area is 106 Å². The maximum Gasteiger partial charge on any atom is 0.0812 e. The maximum absolute atomic E-state index is 9.58. The smallest absolute Gasteiger partial charge is 0.0812 e. The van der Waals surface area contributed by atoms with Crippen LogP contribution in [0.15, 0.2) is 0 Å². The molecule has 0 rings (SSSR count). The van der Waals surface area contributed by atoms with E-state index < -0.39 is 0 Å². The molecule has 1 atom stereocenters. The number of halogens is 1. The SMILES string of the molecule is CCC[N+](CCC)(CCC)CCC(O)CCl. The van der Waals surface area contributed by atoms with Gasteiger partial charge in [-0.3, -0.25) is 0 Å². The van der Waals surface area contributed by atoms with Crippen LogP contribution < -0.4 is 0 Å². The molecule has 0 aliphatic rings. The van der Waals surface area contributed by atoms with Crippen LogP contribution in [0.2, 0.25) is 0 Å². The first-order chi connectivity index (χ1) is 7.64. The Kier molecular flexibility index (Phi) is 9.38. The molecule has 3 heteroatoms. The van der Waals surface area contributed by atoms with Gasteiger partial charge in [-0.1, -0.05) is 20.8 Å². The van der Waals surface area contributed by atoms with Crippen molar-refractivity contribution in [2.75, 3.05) is 32.1 Å². The molecule has 98 valence electrons. The molecule has 0 aromatic heterocycles. The lowest BCUT2D eigenvalue weighted by Gasteiger charge is -2.39. The first-order valence-corrected chi connectivity index (χ1v) is 7.26. The van der Waals surface area contributed by atoms with Crippen molar-refractivity contribution in [2.45, 2.75) is 52.6 Å². The van der Waals surface area contributed by atoms with Crippen molar-refractivity contribution in [3.63, 3.8) is 0 Å². The minimum absolute atomic E-state index is 0.329. The van der Waals surface area contributed by atoms with Gasteiger partial charge in [0.05, 0.1) is 32.3 Å². The zero-order valence-electron chi connectivity index (χ0n) is 11.2. The zero-order chi connectivity index (χ0) is 12.4. The van der Waals surface area contributed by atoms with Crippen LogP contribution in [-0.2, 0) is 0 Å². The molecule has 0 amide bonds. The predicted molar refractivity (Wildman–Crippen MR) is 71.9 cm³/mol. The molecule has 0 saturated carbocycles. The highest BCUT2D eigenvalue weighted by Crippen LogP contribution is 2.14. The normalized spacial score (nSPS) is 14.1. The molecule has 0 aliphatic heterocycles. The van der Waals surface area contributed by atoms with E-state index in [0.29, 0.717) is 5.88 Å². The third-order valence-corrected chi connectivity index (χ3v) is 3.56. The van der Waals surface area contributed by atoms with Crippen molar-refractivity contribution in [2.24, 2.45) is 0 Å². The van der Waals surface area contributed by atoms with Gasteiger partial charge in [0.2, 0.25) is 0 Å². The highest BCUT2D eigenvalue weighted by Gasteiger charge is 2.25. The fraction of sp³-hybridized carbons (Fsp3) is 1.00. The van der Waals surface area contributed by atoms with E-state index >= 15 is 0 Å². The molecule has 0 aliphatic carbocycles. The van der Waals surface area contributed by atoms with Crippen LogP contribution in [-0.4, -0.2) is 47.8 Å². The van der Waals surface area contributed by atoms with Gasteiger partial charge in [-0.05, 0) is 19.3 Å². The van der Waals surface area contributed by atoms with Crippen LogP contribution in [0.3, 0.4) is 0 Å². The van der Waals surface area contributed by atoms with Gasteiger partial charge in [0, 0.05) is 12.3 Å². The number of hydrogen-bond donors (Lipinski definition) is 1. The van der Waals surface area contributed by atoms with Crippen molar-refractivity contribution in [3.05, 3.63) is 0 Å². The van der Waals surface area contributed by atoms with Crippen LogP contribution in [0.25, 0.3) is 0 Å². The minimum atomic E-state index is -0.329. The summed E-state index contributed by atoms with van der Waals surface area (Å²) in [5.74, 6) is 0.365. The Hall–Kier alpha value is 0.210. The minimum Gasteiger partial charge on any atom is -0.392 e. The monoisotopic (exact) mass is 250 g/mol. The van der Waals surface area contributed by atoms with Crippen molar-refractivity contribution < 1.29 is 9.59 Å². The number of alkyl halides is 1. The molecular weight excluding hydrogens is 222 g/mol. The Balaban J connectivity index is 4.34. The van der Waals surface area contributed by atoms with E-state index in [1.165, 1.54) is 38.9 Å². The summed E-state index contributed by atoms with van der Waals surface area (Å²) in [5, 5.41) is 9.58. The van der Waals surface area contributed by atoms with Gasteiger partial charge in [0.15, 0.2) is 0 Å². The first kappa shape index (κ1) is 16.2. The fourth-order valence-corrected chi connectivity index (χ4v) is 2.75. The summed E-state index contributed by atoms with van der Waals surface area (Å²) < 4.78 is 1.16. The third kappa shape index (κ3) is 6.07. The average Bonchev–Trinajstić information content (AvgIpc) is 2.27. The lowest BCUT2D eigenvalue weighted by Crippen LogP contribution is -2.51. The fourth-order valence-electron chi connectivity index (χ4n) is 2.59. The summed E-state index contributed by atoms with van der Waals surface area (Å²) in [4.78, 5) is 0. The Morgan fingerprint density at radius 3 is 1.69 bits per heavy atom. The predicted octanol–water partition coefficient (Wildman–Crippen LogP) is 3.02. The van der Waals surface area contributed by atoms with Crippen molar-refractivity contribution in [3.8, 4) is 0 Å². The molecule has 0 saturated heterocycles. The summed E-state index contributed by atoms with van der Waals surface area (Å²) in [7, 11) is 0. The Bertz CT molecular complexity index is 147. The van der Waals surface area contributed by atoms with E-state index in [1.54, 1.807) is 0 Å².